The van der Waals surface area contributed by atoms with Gasteiger partial charge in [-0.05, 0) is 49.4 Å². The maximum Gasteiger partial charge on any atom is 0.416 e. The van der Waals surface area contributed by atoms with E-state index in [1.165, 1.54) is 12.1 Å². The zero-order chi connectivity index (χ0) is 13.9. The lowest BCUT2D eigenvalue weighted by molar-refractivity contribution is -0.137. The minimum atomic E-state index is -4.27. The summed E-state index contributed by atoms with van der Waals surface area (Å²) in [5.41, 5.74) is 0.238. The molecule has 2 rings (SSSR count). The van der Waals surface area contributed by atoms with E-state index in [1.54, 1.807) is 0 Å². The van der Waals surface area contributed by atoms with Gasteiger partial charge in [0.1, 0.15) is 0 Å². The third kappa shape index (κ3) is 3.62. The van der Waals surface area contributed by atoms with Crippen LogP contribution in [0.2, 0.25) is 0 Å². The van der Waals surface area contributed by atoms with Gasteiger partial charge in [-0.2, -0.15) is 13.2 Å². The van der Waals surface area contributed by atoms with Crippen LogP contribution in [-0.2, 0) is 6.18 Å². The normalized spacial score (nSPS) is 17.8. The van der Waals surface area contributed by atoms with E-state index in [4.69, 9.17) is 5.11 Å². The Bertz CT molecular complexity index is 394. The van der Waals surface area contributed by atoms with Gasteiger partial charge in [-0.15, -0.1) is 0 Å². The molecule has 1 heterocycles. The van der Waals surface area contributed by atoms with Crippen LogP contribution >= 0.6 is 0 Å². The van der Waals surface area contributed by atoms with Gasteiger partial charge in [0, 0.05) is 25.4 Å². The number of anilines is 1. The number of benzene rings is 1. The number of hydrogen-bond donors (Lipinski definition) is 1. The molecule has 0 unspecified atom stereocenters. The molecular formula is C14H18F3NO. The Morgan fingerprint density at radius 2 is 1.68 bits per heavy atom. The van der Waals surface area contributed by atoms with Crippen molar-refractivity contribution in [3.05, 3.63) is 29.8 Å². The van der Waals surface area contributed by atoms with Gasteiger partial charge < -0.3 is 10.0 Å². The van der Waals surface area contributed by atoms with E-state index in [0.717, 1.165) is 50.2 Å². The van der Waals surface area contributed by atoms with E-state index in [9.17, 15) is 13.2 Å². The molecule has 0 spiro atoms. The molecule has 0 saturated carbocycles. The summed E-state index contributed by atoms with van der Waals surface area (Å²) in [4.78, 5) is 2.11. The minimum absolute atomic E-state index is 0.213. The highest BCUT2D eigenvalue weighted by molar-refractivity contribution is 5.48. The monoisotopic (exact) mass is 273 g/mol. The zero-order valence-electron chi connectivity index (χ0n) is 10.7. The van der Waals surface area contributed by atoms with E-state index in [2.05, 4.69) is 4.90 Å². The molecule has 19 heavy (non-hydrogen) atoms. The molecular weight excluding hydrogens is 255 g/mol. The SMILES string of the molecule is OCCC1CCN(c2ccc(C(F)(F)F)cc2)CC1. The van der Waals surface area contributed by atoms with Crippen molar-refractivity contribution >= 4 is 5.69 Å². The Hall–Kier alpha value is -1.23. The van der Waals surface area contributed by atoms with Crippen molar-refractivity contribution in [1.29, 1.82) is 0 Å². The topological polar surface area (TPSA) is 23.5 Å². The van der Waals surface area contributed by atoms with Crippen LogP contribution in [0, 0.1) is 5.92 Å². The maximum absolute atomic E-state index is 12.5. The van der Waals surface area contributed by atoms with Crippen LogP contribution < -0.4 is 4.90 Å². The molecule has 0 aliphatic carbocycles. The van der Waals surface area contributed by atoms with Gasteiger partial charge in [0.05, 0.1) is 5.56 Å². The third-order valence-electron chi connectivity index (χ3n) is 3.71. The highest BCUT2D eigenvalue weighted by Gasteiger charge is 2.30. The second-order valence-corrected chi connectivity index (χ2v) is 4.99. The Morgan fingerprint density at radius 1 is 1.11 bits per heavy atom. The van der Waals surface area contributed by atoms with Gasteiger partial charge in [0.2, 0.25) is 0 Å². The highest BCUT2D eigenvalue weighted by Crippen LogP contribution is 2.31. The maximum atomic E-state index is 12.5. The molecule has 1 N–H and O–H groups in total. The van der Waals surface area contributed by atoms with Gasteiger partial charge in [-0.3, -0.25) is 0 Å². The molecule has 5 heteroatoms. The Kier molecular flexibility index (Phi) is 4.34. The molecule has 106 valence electrons. The summed E-state index contributed by atoms with van der Waals surface area (Å²) < 4.78 is 37.4. The van der Waals surface area contributed by atoms with Crippen molar-refractivity contribution in [3.8, 4) is 0 Å². The fraction of sp³-hybridized carbons (Fsp3) is 0.571. The summed E-state index contributed by atoms with van der Waals surface area (Å²) in [6.45, 7) is 1.90. The summed E-state index contributed by atoms with van der Waals surface area (Å²) in [5, 5.41) is 8.89. The summed E-state index contributed by atoms with van der Waals surface area (Å²) in [6, 6.07) is 5.34. The Labute approximate surface area is 110 Å². The number of piperidine rings is 1. The standard InChI is InChI=1S/C14H18F3NO/c15-14(16,17)12-1-3-13(4-2-12)18-8-5-11(6-9-18)7-10-19/h1-4,11,19H,5-10H2. The number of halogens is 3. The quantitative estimate of drug-likeness (QED) is 0.913. The fourth-order valence-corrected chi connectivity index (χ4v) is 2.52. The van der Waals surface area contributed by atoms with Gasteiger partial charge in [0.15, 0.2) is 0 Å². The van der Waals surface area contributed by atoms with E-state index in [1.807, 2.05) is 0 Å². The van der Waals surface area contributed by atoms with Crippen LogP contribution in [0.1, 0.15) is 24.8 Å². The molecule has 1 aromatic rings. The lowest BCUT2D eigenvalue weighted by Crippen LogP contribution is -2.33. The van der Waals surface area contributed by atoms with E-state index in [-0.39, 0.29) is 6.61 Å². The molecule has 0 radical (unpaired) electrons. The average molecular weight is 273 g/mol. The molecule has 1 saturated heterocycles. The summed E-state index contributed by atoms with van der Waals surface area (Å²) in [7, 11) is 0. The van der Waals surface area contributed by atoms with Crippen molar-refractivity contribution in [1.82, 2.24) is 0 Å². The molecule has 1 fully saturated rings. The van der Waals surface area contributed by atoms with Crippen molar-refractivity contribution in [2.45, 2.75) is 25.4 Å². The van der Waals surface area contributed by atoms with Crippen LogP contribution in [0.15, 0.2) is 24.3 Å². The predicted octanol–water partition coefficient (Wildman–Crippen LogP) is 3.30. The molecule has 1 aliphatic heterocycles. The fourth-order valence-electron chi connectivity index (χ4n) is 2.52. The van der Waals surface area contributed by atoms with Crippen LogP contribution in [0.3, 0.4) is 0 Å². The number of hydrogen-bond acceptors (Lipinski definition) is 2. The lowest BCUT2D eigenvalue weighted by Gasteiger charge is -2.33. The first kappa shape index (κ1) is 14.2. The average Bonchev–Trinajstić information content (AvgIpc) is 2.39. The predicted molar refractivity (Wildman–Crippen MR) is 68.1 cm³/mol. The molecule has 0 amide bonds. The van der Waals surface area contributed by atoms with Gasteiger partial charge in [0.25, 0.3) is 0 Å². The first-order chi connectivity index (χ1) is 9.00. The second kappa shape index (κ2) is 5.82. The first-order valence-electron chi connectivity index (χ1n) is 6.54. The number of alkyl halides is 3. The van der Waals surface area contributed by atoms with Crippen LogP contribution in [0.4, 0.5) is 18.9 Å². The number of rotatable bonds is 3. The summed E-state index contributed by atoms with van der Waals surface area (Å²) in [6.07, 6.45) is -1.48. The highest BCUT2D eigenvalue weighted by atomic mass is 19.4. The van der Waals surface area contributed by atoms with Gasteiger partial charge >= 0.3 is 6.18 Å². The van der Waals surface area contributed by atoms with Gasteiger partial charge in [-0.1, -0.05) is 0 Å². The lowest BCUT2D eigenvalue weighted by atomic mass is 9.93. The van der Waals surface area contributed by atoms with E-state index in [0.29, 0.717) is 5.92 Å². The number of aliphatic hydroxyl groups excluding tert-OH is 1. The van der Waals surface area contributed by atoms with E-state index >= 15 is 0 Å². The minimum Gasteiger partial charge on any atom is -0.396 e. The zero-order valence-corrected chi connectivity index (χ0v) is 10.7. The summed E-state index contributed by atoms with van der Waals surface area (Å²) in [5.74, 6) is 0.538. The van der Waals surface area contributed by atoms with Crippen LogP contribution in [0.25, 0.3) is 0 Å². The van der Waals surface area contributed by atoms with Crippen molar-refractivity contribution in [2.24, 2.45) is 5.92 Å². The molecule has 0 atom stereocenters. The smallest absolute Gasteiger partial charge is 0.396 e. The van der Waals surface area contributed by atoms with Crippen molar-refractivity contribution < 1.29 is 18.3 Å². The molecule has 1 aliphatic rings. The molecule has 1 aromatic carbocycles. The molecule has 0 bridgehead atoms. The Balaban J connectivity index is 1.97. The first-order valence-corrected chi connectivity index (χ1v) is 6.54. The van der Waals surface area contributed by atoms with Crippen molar-refractivity contribution in [3.63, 3.8) is 0 Å². The number of nitrogens with zero attached hydrogens (tertiary/aromatic N) is 1. The van der Waals surface area contributed by atoms with Gasteiger partial charge in [-0.25, -0.2) is 0 Å². The Morgan fingerprint density at radius 3 is 2.16 bits per heavy atom. The third-order valence-corrected chi connectivity index (χ3v) is 3.71. The van der Waals surface area contributed by atoms with E-state index < -0.39 is 11.7 Å². The summed E-state index contributed by atoms with van der Waals surface area (Å²) >= 11 is 0. The largest absolute Gasteiger partial charge is 0.416 e. The molecule has 0 aromatic heterocycles. The second-order valence-electron chi connectivity index (χ2n) is 4.99. The number of aliphatic hydroxyl groups is 1. The molecule has 2 nitrogen and oxygen atoms in total. The van der Waals surface area contributed by atoms with Crippen molar-refractivity contribution in [2.75, 3.05) is 24.6 Å². The van der Waals surface area contributed by atoms with Crippen LogP contribution in [-0.4, -0.2) is 24.8 Å². The van der Waals surface area contributed by atoms with Crippen LogP contribution in [0.5, 0.6) is 0 Å².